The Balaban J connectivity index is 2.17. The van der Waals surface area contributed by atoms with Crippen LogP contribution in [-0.2, 0) is 19.6 Å². The minimum Gasteiger partial charge on any atom is -0.495 e. The zero-order valence-electron chi connectivity index (χ0n) is 16.5. The van der Waals surface area contributed by atoms with E-state index in [1.165, 1.54) is 23.5 Å². The van der Waals surface area contributed by atoms with E-state index in [1.54, 1.807) is 12.2 Å². The summed E-state index contributed by atoms with van der Waals surface area (Å²) in [6, 6.07) is 3.38. The Morgan fingerprint density at radius 2 is 1.97 bits per heavy atom. The maximum absolute atomic E-state index is 13.1. The lowest BCUT2D eigenvalue weighted by atomic mass is 10.1. The number of hydrogen-bond donors (Lipinski definition) is 1. The van der Waals surface area contributed by atoms with Gasteiger partial charge in [-0.1, -0.05) is 6.42 Å². The highest BCUT2D eigenvalue weighted by Crippen LogP contribution is 2.31. The zero-order valence-corrected chi connectivity index (χ0v) is 17.3. The average Bonchev–Trinajstić information content (AvgIpc) is 2.69. The summed E-state index contributed by atoms with van der Waals surface area (Å²) in [5.74, 6) is -2.15. The Hall–Kier alpha value is -2.34. The van der Waals surface area contributed by atoms with Crippen LogP contribution >= 0.6 is 0 Å². The standard InChI is InChI=1S/C18H23F3N2O6S/c1-12-5-3-4-8-23(12)30(26,27)15-9-13(6-7-14(15)28-2)17(25)29-10-16(24)22-11-18(19,20)21/h6-7,9,12H,3-5,8,10-11H2,1-2H3,(H,22,24)/t12-/m0/s1. The molecule has 0 saturated carbocycles. The number of methoxy groups -OCH3 is 1. The Kier molecular flexibility index (Phi) is 7.70. The number of amides is 1. The van der Waals surface area contributed by atoms with E-state index in [-0.39, 0.29) is 22.3 Å². The van der Waals surface area contributed by atoms with Gasteiger partial charge in [-0.3, -0.25) is 4.79 Å². The van der Waals surface area contributed by atoms with E-state index in [4.69, 9.17) is 9.47 Å². The van der Waals surface area contributed by atoms with Crippen LogP contribution in [0.3, 0.4) is 0 Å². The summed E-state index contributed by atoms with van der Waals surface area (Å²) in [5.41, 5.74) is -0.178. The van der Waals surface area contributed by atoms with Crippen LogP contribution in [0.15, 0.2) is 23.1 Å². The van der Waals surface area contributed by atoms with Gasteiger partial charge in [-0.2, -0.15) is 17.5 Å². The molecular weight excluding hydrogens is 429 g/mol. The molecule has 168 valence electrons. The number of sulfonamides is 1. The highest BCUT2D eigenvalue weighted by atomic mass is 32.2. The van der Waals surface area contributed by atoms with Crippen LogP contribution < -0.4 is 10.1 Å². The highest BCUT2D eigenvalue weighted by molar-refractivity contribution is 7.89. The van der Waals surface area contributed by atoms with Gasteiger partial charge in [-0.05, 0) is 38.0 Å². The van der Waals surface area contributed by atoms with Crippen molar-refractivity contribution in [3.8, 4) is 5.75 Å². The lowest BCUT2D eigenvalue weighted by Gasteiger charge is -2.32. The molecule has 1 fully saturated rings. The summed E-state index contributed by atoms with van der Waals surface area (Å²) in [5, 5.41) is 1.57. The van der Waals surface area contributed by atoms with Crippen LogP contribution in [-0.4, -0.2) is 63.6 Å². The third-order valence-corrected chi connectivity index (χ3v) is 6.58. The molecule has 0 unspecified atom stereocenters. The predicted octanol–water partition coefficient (Wildman–Crippen LogP) is 2.09. The van der Waals surface area contributed by atoms with E-state index in [0.717, 1.165) is 12.5 Å². The molecule has 0 spiro atoms. The van der Waals surface area contributed by atoms with Gasteiger partial charge in [-0.15, -0.1) is 0 Å². The molecule has 0 aromatic heterocycles. The van der Waals surface area contributed by atoms with Gasteiger partial charge in [0.15, 0.2) is 6.61 Å². The van der Waals surface area contributed by atoms with Gasteiger partial charge in [0.2, 0.25) is 10.0 Å². The molecule has 1 amide bonds. The minimum atomic E-state index is -4.59. The first kappa shape index (κ1) is 23.9. The van der Waals surface area contributed by atoms with E-state index in [9.17, 15) is 31.2 Å². The molecular formula is C18H23F3N2O6S. The van der Waals surface area contributed by atoms with E-state index in [1.807, 2.05) is 0 Å². The van der Waals surface area contributed by atoms with Crippen LogP contribution in [0.1, 0.15) is 36.5 Å². The Morgan fingerprint density at radius 1 is 1.27 bits per heavy atom. The molecule has 1 aliphatic heterocycles. The number of benzene rings is 1. The van der Waals surface area contributed by atoms with Gasteiger partial charge < -0.3 is 14.8 Å². The van der Waals surface area contributed by atoms with Gasteiger partial charge in [0, 0.05) is 12.6 Å². The van der Waals surface area contributed by atoms with Crippen molar-refractivity contribution in [2.24, 2.45) is 0 Å². The van der Waals surface area contributed by atoms with Crippen LogP contribution in [0.5, 0.6) is 5.75 Å². The largest absolute Gasteiger partial charge is 0.495 e. The summed E-state index contributed by atoms with van der Waals surface area (Å²) < 4.78 is 73.7. The normalized spacial score (nSPS) is 18.0. The summed E-state index contributed by atoms with van der Waals surface area (Å²) in [4.78, 5) is 23.4. The molecule has 1 N–H and O–H groups in total. The lowest BCUT2D eigenvalue weighted by Crippen LogP contribution is -2.42. The number of alkyl halides is 3. The quantitative estimate of drug-likeness (QED) is 0.636. The fraction of sp³-hybridized carbons (Fsp3) is 0.556. The van der Waals surface area contributed by atoms with Crippen molar-refractivity contribution in [1.82, 2.24) is 9.62 Å². The third-order valence-electron chi connectivity index (χ3n) is 4.55. The number of ether oxygens (including phenoxy) is 2. The number of carbonyl (C=O) groups excluding carboxylic acids is 2. The summed E-state index contributed by atoms with van der Waals surface area (Å²) in [6.45, 7) is -0.365. The zero-order chi connectivity index (χ0) is 22.5. The van der Waals surface area contributed by atoms with Crippen LogP contribution in [0.25, 0.3) is 0 Å². The average molecular weight is 452 g/mol. The Labute approximate surface area is 172 Å². The number of nitrogens with one attached hydrogen (secondary N) is 1. The van der Waals surface area contributed by atoms with E-state index < -0.39 is 41.2 Å². The van der Waals surface area contributed by atoms with Crippen LogP contribution in [0.2, 0.25) is 0 Å². The van der Waals surface area contributed by atoms with Gasteiger partial charge in [0.1, 0.15) is 17.2 Å². The second-order valence-electron chi connectivity index (χ2n) is 6.79. The van der Waals surface area contributed by atoms with Gasteiger partial charge in [0.05, 0.1) is 12.7 Å². The smallest absolute Gasteiger partial charge is 0.405 e. The molecule has 30 heavy (non-hydrogen) atoms. The highest BCUT2D eigenvalue weighted by Gasteiger charge is 2.34. The number of carbonyl (C=O) groups is 2. The Bertz CT molecular complexity index is 888. The van der Waals surface area contributed by atoms with Crippen molar-refractivity contribution in [2.75, 3.05) is 26.8 Å². The van der Waals surface area contributed by atoms with E-state index in [2.05, 4.69) is 0 Å². The predicted molar refractivity (Wildman–Crippen MR) is 99.5 cm³/mol. The first-order valence-corrected chi connectivity index (χ1v) is 10.6. The molecule has 8 nitrogen and oxygen atoms in total. The number of rotatable bonds is 7. The minimum absolute atomic E-state index is 0.0345. The molecule has 12 heteroatoms. The van der Waals surface area contributed by atoms with Crippen molar-refractivity contribution >= 4 is 21.9 Å². The maximum atomic E-state index is 13.1. The molecule has 1 aromatic rings. The van der Waals surface area contributed by atoms with Crippen molar-refractivity contribution in [3.05, 3.63) is 23.8 Å². The van der Waals surface area contributed by atoms with Crippen molar-refractivity contribution in [2.45, 2.75) is 43.3 Å². The Morgan fingerprint density at radius 3 is 2.57 bits per heavy atom. The molecule has 1 aromatic carbocycles. The molecule has 1 atom stereocenters. The SMILES string of the molecule is COc1ccc(C(=O)OCC(=O)NCC(F)(F)F)cc1S(=O)(=O)N1CCCC[C@@H]1C. The summed E-state index contributed by atoms with van der Waals surface area (Å²) >= 11 is 0. The van der Waals surface area contributed by atoms with Crippen molar-refractivity contribution < 1.29 is 40.7 Å². The van der Waals surface area contributed by atoms with Gasteiger partial charge >= 0.3 is 12.1 Å². The molecule has 0 bridgehead atoms. The number of halogens is 3. The van der Waals surface area contributed by atoms with Gasteiger partial charge in [0.25, 0.3) is 5.91 Å². The monoisotopic (exact) mass is 452 g/mol. The molecule has 1 aliphatic rings. The fourth-order valence-electron chi connectivity index (χ4n) is 3.02. The molecule has 2 rings (SSSR count). The number of hydrogen-bond acceptors (Lipinski definition) is 6. The molecule has 1 heterocycles. The third kappa shape index (κ3) is 6.08. The first-order chi connectivity index (χ1) is 14.0. The maximum Gasteiger partial charge on any atom is 0.405 e. The summed E-state index contributed by atoms with van der Waals surface area (Å²) in [6.07, 6.45) is -2.27. The van der Waals surface area contributed by atoms with Crippen molar-refractivity contribution in [1.29, 1.82) is 0 Å². The second kappa shape index (κ2) is 9.65. The van der Waals surface area contributed by atoms with Gasteiger partial charge in [-0.25, -0.2) is 13.2 Å². The van der Waals surface area contributed by atoms with E-state index >= 15 is 0 Å². The van der Waals surface area contributed by atoms with Crippen LogP contribution in [0, 0.1) is 0 Å². The van der Waals surface area contributed by atoms with Crippen LogP contribution in [0.4, 0.5) is 13.2 Å². The number of esters is 1. The number of piperidine rings is 1. The van der Waals surface area contributed by atoms with Crippen molar-refractivity contribution in [3.63, 3.8) is 0 Å². The summed E-state index contributed by atoms with van der Waals surface area (Å²) in [7, 11) is -2.68. The molecule has 0 radical (unpaired) electrons. The lowest BCUT2D eigenvalue weighted by molar-refractivity contribution is -0.140. The van der Waals surface area contributed by atoms with E-state index in [0.29, 0.717) is 19.4 Å². The first-order valence-electron chi connectivity index (χ1n) is 9.16. The topological polar surface area (TPSA) is 102 Å². The number of nitrogens with zero attached hydrogens (tertiary/aromatic N) is 1. The molecule has 1 saturated heterocycles. The fourth-order valence-corrected chi connectivity index (χ4v) is 4.91. The molecule has 0 aliphatic carbocycles. The second-order valence-corrected chi connectivity index (χ2v) is 8.65.